The molecule has 1 amide bonds. The number of benzene rings is 1. The van der Waals surface area contributed by atoms with Crippen LogP contribution in [0.1, 0.15) is 25.3 Å². The molecule has 1 saturated heterocycles. The van der Waals surface area contributed by atoms with Crippen molar-refractivity contribution in [1.29, 1.82) is 0 Å². The van der Waals surface area contributed by atoms with Crippen LogP contribution in [0.4, 0.5) is 0 Å². The summed E-state index contributed by atoms with van der Waals surface area (Å²) in [5.41, 5.74) is 0.494. The summed E-state index contributed by atoms with van der Waals surface area (Å²) in [6.45, 7) is 4.08. The lowest BCUT2D eigenvalue weighted by Crippen LogP contribution is -2.48. The number of carbonyl (C=O) groups is 1. The van der Waals surface area contributed by atoms with Gasteiger partial charge in [-0.25, -0.2) is 0 Å². The van der Waals surface area contributed by atoms with Crippen LogP contribution in [0.5, 0.6) is 17.2 Å². The average Bonchev–Trinajstić information content (AvgIpc) is 2.59. The van der Waals surface area contributed by atoms with Crippen molar-refractivity contribution in [2.75, 3.05) is 34.4 Å². The Morgan fingerprint density at radius 3 is 2.33 bits per heavy atom. The summed E-state index contributed by atoms with van der Waals surface area (Å²) >= 11 is 0. The standard InChI is InChI=1S/C17H26N2O4.ClH/c1-17(6-5-7-18-11-17)16(20)19-10-12-8-14(22-3)15(23-4)9-13(12)21-2;/h8-9,18H,5-7,10-11H2,1-4H3,(H,19,20);1H. The summed E-state index contributed by atoms with van der Waals surface area (Å²) in [7, 11) is 4.76. The van der Waals surface area contributed by atoms with Gasteiger partial charge >= 0.3 is 0 Å². The van der Waals surface area contributed by atoms with Crippen LogP contribution < -0.4 is 24.8 Å². The zero-order valence-corrected chi connectivity index (χ0v) is 15.5. The van der Waals surface area contributed by atoms with E-state index in [-0.39, 0.29) is 23.7 Å². The molecule has 6 nitrogen and oxygen atoms in total. The Morgan fingerprint density at radius 1 is 1.17 bits per heavy atom. The summed E-state index contributed by atoms with van der Waals surface area (Å²) in [6.07, 6.45) is 1.92. The van der Waals surface area contributed by atoms with Crippen molar-refractivity contribution in [2.45, 2.75) is 26.3 Å². The molecule has 1 aliphatic heterocycles. The van der Waals surface area contributed by atoms with Crippen LogP contribution in [0.25, 0.3) is 0 Å². The summed E-state index contributed by atoms with van der Waals surface area (Å²) in [6, 6.07) is 3.60. The molecule has 1 aromatic rings. The van der Waals surface area contributed by atoms with Gasteiger partial charge in [0.2, 0.25) is 5.91 Å². The average molecular weight is 359 g/mol. The molecular weight excluding hydrogens is 332 g/mol. The van der Waals surface area contributed by atoms with Crippen LogP contribution in [-0.2, 0) is 11.3 Å². The fraction of sp³-hybridized carbons (Fsp3) is 0.588. The lowest BCUT2D eigenvalue weighted by atomic mass is 9.82. The van der Waals surface area contributed by atoms with Crippen molar-refractivity contribution in [3.63, 3.8) is 0 Å². The van der Waals surface area contributed by atoms with Gasteiger partial charge in [0.25, 0.3) is 0 Å². The van der Waals surface area contributed by atoms with Gasteiger partial charge in [0.1, 0.15) is 5.75 Å². The second-order valence-electron chi connectivity index (χ2n) is 6.04. The van der Waals surface area contributed by atoms with Gasteiger partial charge < -0.3 is 24.8 Å². The summed E-state index contributed by atoms with van der Waals surface area (Å²) in [5, 5.41) is 6.31. The third kappa shape index (κ3) is 4.45. The van der Waals surface area contributed by atoms with Gasteiger partial charge in [0, 0.05) is 24.7 Å². The molecule has 136 valence electrons. The largest absolute Gasteiger partial charge is 0.496 e. The number of ether oxygens (including phenoxy) is 3. The first kappa shape index (κ1) is 20.4. The predicted octanol–water partition coefficient (Wildman–Crippen LogP) is 2.14. The molecule has 0 radical (unpaired) electrons. The van der Waals surface area contributed by atoms with Gasteiger partial charge in [0.15, 0.2) is 11.5 Å². The van der Waals surface area contributed by atoms with Gasteiger partial charge in [-0.05, 0) is 32.4 Å². The van der Waals surface area contributed by atoms with Gasteiger partial charge in [-0.2, -0.15) is 0 Å². The third-order valence-corrected chi connectivity index (χ3v) is 4.37. The third-order valence-electron chi connectivity index (χ3n) is 4.37. The topological polar surface area (TPSA) is 68.8 Å². The minimum Gasteiger partial charge on any atom is -0.496 e. The monoisotopic (exact) mass is 358 g/mol. The lowest BCUT2D eigenvalue weighted by Gasteiger charge is -2.32. The van der Waals surface area contributed by atoms with Gasteiger partial charge in [-0.1, -0.05) is 0 Å². The van der Waals surface area contributed by atoms with Crippen LogP contribution in [-0.4, -0.2) is 40.3 Å². The number of hydrogen-bond donors (Lipinski definition) is 2. The Balaban J connectivity index is 0.00000288. The number of methoxy groups -OCH3 is 3. The molecule has 1 atom stereocenters. The van der Waals surface area contributed by atoms with E-state index >= 15 is 0 Å². The zero-order valence-electron chi connectivity index (χ0n) is 14.7. The smallest absolute Gasteiger partial charge is 0.227 e. The molecule has 2 rings (SSSR count). The van der Waals surface area contributed by atoms with Crippen molar-refractivity contribution in [3.05, 3.63) is 17.7 Å². The van der Waals surface area contributed by atoms with Crippen LogP contribution in [0, 0.1) is 5.41 Å². The van der Waals surface area contributed by atoms with E-state index in [2.05, 4.69) is 10.6 Å². The molecule has 24 heavy (non-hydrogen) atoms. The first-order chi connectivity index (χ1) is 11.0. The molecule has 2 N–H and O–H groups in total. The van der Waals surface area contributed by atoms with E-state index in [0.29, 0.717) is 30.3 Å². The molecule has 7 heteroatoms. The van der Waals surface area contributed by atoms with Crippen molar-refractivity contribution < 1.29 is 19.0 Å². The van der Waals surface area contributed by atoms with Crippen LogP contribution in [0.15, 0.2) is 12.1 Å². The predicted molar refractivity (Wildman–Crippen MR) is 95.4 cm³/mol. The molecule has 0 aliphatic carbocycles. The summed E-state index contributed by atoms with van der Waals surface area (Å²) in [5.74, 6) is 1.93. The highest BCUT2D eigenvalue weighted by Crippen LogP contribution is 2.34. The maximum atomic E-state index is 12.5. The maximum Gasteiger partial charge on any atom is 0.227 e. The normalized spacial score (nSPS) is 19.8. The van der Waals surface area contributed by atoms with Gasteiger partial charge in [-0.15, -0.1) is 12.4 Å². The van der Waals surface area contributed by atoms with E-state index < -0.39 is 0 Å². The molecule has 1 fully saturated rings. The van der Waals surface area contributed by atoms with Crippen molar-refractivity contribution in [3.8, 4) is 17.2 Å². The molecule has 1 heterocycles. The number of rotatable bonds is 6. The van der Waals surface area contributed by atoms with Gasteiger partial charge in [0.05, 0.1) is 26.7 Å². The number of carbonyl (C=O) groups excluding carboxylic acids is 1. The Kier molecular flexibility index (Phi) is 7.63. The van der Waals surface area contributed by atoms with Crippen molar-refractivity contribution in [2.24, 2.45) is 5.41 Å². The molecular formula is C17H27ClN2O4. The molecule has 0 spiro atoms. The number of hydrogen-bond acceptors (Lipinski definition) is 5. The molecule has 0 aromatic heterocycles. The Bertz CT molecular complexity index is 560. The van der Waals surface area contributed by atoms with Gasteiger partial charge in [-0.3, -0.25) is 4.79 Å². The fourth-order valence-corrected chi connectivity index (χ4v) is 2.87. The second-order valence-corrected chi connectivity index (χ2v) is 6.04. The second kappa shape index (κ2) is 8.99. The van der Waals surface area contributed by atoms with Crippen LogP contribution in [0.2, 0.25) is 0 Å². The zero-order chi connectivity index (χ0) is 16.9. The maximum absolute atomic E-state index is 12.5. The molecule has 1 aromatic carbocycles. The van der Waals surface area contributed by atoms with E-state index in [1.807, 2.05) is 13.0 Å². The number of amides is 1. The molecule has 1 aliphatic rings. The van der Waals surface area contributed by atoms with E-state index in [0.717, 1.165) is 24.9 Å². The van der Waals surface area contributed by atoms with Crippen molar-refractivity contribution >= 4 is 18.3 Å². The van der Waals surface area contributed by atoms with E-state index in [1.54, 1.807) is 27.4 Å². The summed E-state index contributed by atoms with van der Waals surface area (Å²) in [4.78, 5) is 12.5. The molecule has 0 bridgehead atoms. The lowest BCUT2D eigenvalue weighted by molar-refractivity contribution is -0.131. The first-order valence-corrected chi connectivity index (χ1v) is 7.82. The number of piperidine rings is 1. The fourth-order valence-electron chi connectivity index (χ4n) is 2.87. The van der Waals surface area contributed by atoms with Crippen molar-refractivity contribution in [1.82, 2.24) is 10.6 Å². The highest BCUT2D eigenvalue weighted by atomic mass is 35.5. The number of halogens is 1. The van der Waals surface area contributed by atoms with Crippen LogP contribution >= 0.6 is 12.4 Å². The minimum atomic E-state index is -0.359. The van der Waals surface area contributed by atoms with E-state index in [1.165, 1.54) is 0 Å². The SMILES string of the molecule is COc1cc(OC)c(OC)cc1CNC(=O)C1(C)CCCNC1.Cl. The quantitative estimate of drug-likeness (QED) is 0.815. The molecule has 1 unspecified atom stereocenters. The first-order valence-electron chi connectivity index (χ1n) is 7.82. The molecule has 0 saturated carbocycles. The Labute approximate surface area is 149 Å². The Morgan fingerprint density at radius 2 is 1.79 bits per heavy atom. The van der Waals surface area contributed by atoms with Crippen LogP contribution in [0.3, 0.4) is 0 Å². The summed E-state index contributed by atoms with van der Waals surface area (Å²) < 4.78 is 16.0. The highest BCUT2D eigenvalue weighted by Gasteiger charge is 2.34. The van der Waals surface area contributed by atoms with E-state index in [4.69, 9.17) is 14.2 Å². The Hall–Kier alpha value is -1.66. The number of nitrogens with one attached hydrogen (secondary N) is 2. The van der Waals surface area contributed by atoms with E-state index in [9.17, 15) is 4.79 Å². The highest BCUT2D eigenvalue weighted by molar-refractivity contribution is 5.85. The minimum absolute atomic E-state index is 0.